The normalized spacial score (nSPS) is 17.8. The number of likely N-dealkylation sites (N-methyl/N-ethyl adjacent to an activating group) is 1. The van der Waals surface area contributed by atoms with Crippen molar-refractivity contribution in [3.63, 3.8) is 0 Å². The van der Waals surface area contributed by atoms with Crippen LogP contribution in [-0.2, 0) is 9.59 Å². The highest BCUT2D eigenvalue weighted by Gasteiger charge is 2.39. The van der Waals surface area contributed by atoms with Crippen molar-refractivity contribution in [2.45, 2.75) is 26.3 Å². The topological polar surface area (TPSA) is 69.7 Å². The molecule has 1 heterocycles. The number of carbonyl (C=O) groups excluding carboxylic acids is 3. The van der Waals surface area contributed by atoms with Gasteiger partial charge in [0.05, 0.1) is 0 Å². The highest BCUT2D eigenvalue weighted by Crippen LogP contribution is 2.16. The zero-order valence-electron chi connectivity index (χ0n) is 13.1. The Morgan fingerprint density at radius 2 is 1.91 bits per heavy atom. The number of anilines is 1. The van der Waals surface area contributed by atoms with E-state index in [1.165, 1.54) is 4.90 Å². The molecule has 22 heavy (non-hydrogen) atoms. The Morgan fingerprint density at radius 3 is 2.50 bits per heavy atom. The number of hydrogen-bond acceptors (Lipinski definition) is 3. The van der Waals surface area contributed by atoms with Gasteiger partial charge in [0, 0.05) is 12.7 Å². The third kappa shape index (κ3) is 3.44. The van der Waals surface area contributed by atoms with Crippen LogP contribution in [0.25, 0.3) is 0 Å². The number of hydrogen-bond donors (Lipinski definition) is 1. The molecule has 1 atom stereocenters. The zero-order chi connectivity index (χ0) is 16.3. The maximum atomic E-state index is 12.3. The molecule has 2 rings (SSSR count). The number of imide groups is 1. The van der Waals surface area contributed by atoms with E-state index in [1.807, 2.05) is 32.0 Å². The van der Waals surface area contributed by atoms with Crippen molar-refractivity contribution in [3.8, 4) is 0 Å². The van der Waals surface area contributed by atoms with Crippen LogP contribution in [0.2, 0.25) is 0 Å². The lowest BCUT2D eigenvalue weighted by Gasteiger charge is -2.20. The van der Waals surface area contributed by atoms with E-state index in [2.05, 4.69) is 5.32 Å². The van der Waals surface area contributed by atoms with Gasteiger partial charge in [-0.2, -0.15) is 0 Å². The average Bonchev–Trinajstić information content (AvgIpc) is 2.74. The van der Waals surface area contributed by atoms with Crippen LogP contribution in [0.3, 0.4) is 0 Å². The minimum atomic E-state index is -0.526. The third-order valence-electron chi connectivity index (χ3n) is 3.63. The standard InChI is InChI=1S/C16H21N3O3/c1-11(2)9-13-15(21)19(16(22)17-13)10-14(20)18(3)12-7-5-4-6-8-12/h4-8,11,13H,9-10H2,1-3H3,(H,17,22)/t13-/m1/s1. The number of para-hydroxylation sites is 1. The van der Waals surface area contributed by atoms with E-state index in [4.69, 9.17) is 0 Å². The summed E-state index contributed by atoms with van der Waals surface area (Å²) in [7, 11) is 1.63. The van der Waals surface area contributed by atoms with Crippen LogP contribution in [-0.4, -0.2) is 42.4 Å². The summed E-state index contributed by atoms with van der Waals surface area (Å²) in [5.74, 6) is -0.342. The predicted molar refractivity (Wildman–Crippen MR) is 83.3 cm³/mol. The Morgan fingerprint density at radius 1 is 1.27 bits per heavy atom. The Balaban J connectivity index is 2.02. The molecule has 4 amide bonds. The summed E-state index contributed by atoms with van der Waals surface area (Å²) in [6, 6.07) is 8.08. The molecule has 1 aromatic rings. The molecule has 6 heteroatoms. The quantitative estimate of drug-likeness (QED) is 0.840. The molecule has 0 aromatic heterocycles. The smallest absolute Gasteiger partial charge is 0.325 e. The second-order valence-electron chi connectivity index (χ2n) is 5.84. The minimum Gasteiger partial charge on any atom is -0.326 e. The second-order valence-corrected chi connectivity index (χ2v) is 5.84. The van der Waals surface area contributed by atoms with Gasteiger partial charge in [0.15, 0.2) is 0 Å². The fraction of sp³-hybridized carbons (Fsp3) is 0.438. The van der Waals surface area contributed by atoms with Crippen LogP contribution < -0.4 is 10.2 Å². The largest absolute Gasteiger partial charge is 0.326 e. The SMILES string of the molecule is CC(C)C[C@H]1NC(=O)N(CC(=O)N(C)c2ccccc2)C1=O. The molecular weight excluding hydrogens is 282 g/mol. The van der Waals surface area contributed by atoms with Gasteiger partial charge in [0.25, 0.3) is 5.91 Å². The Bertz CT molecular complexity index is 571. The summed E-state index contributed by atoms with van der Waals surface area (Å²) in [4.78, 5) is 38.8. The fourth-order valence-corrected chi connectivity index (χ4v) is 2.39. The van der Waals surface area contributed by atoms with Gasteiger partial charge in [-0.25, -0.2) is 4.79 Å². The second kappa shape index (κ2) is 6.60. The number of amides is 4. The number of rotatable bonds is 5. The summed E-state index contributed by atoms with van der Waals surface area (Å²) in [6.45, 7) is 3.72. The van der Waals surface area contributed by atoms with Gasteiger partial charge in [-0.05, 0) is 24.5 Å². The van der Waals surface area contributed by atoms with Gasteiger partial charge in [-0.15, -0.1) is 0 Å². The molecule has 6 nitrogen and oxygen atoms in total. The van der Waals surface area contributed by atoms with Crippen LogP contribution in [0.4, 0.5) is 10.5 Å². The maximum absolute atomic E-state index is 12.3. The first-order valence-electron chi connectivity index (χ1n) is 7.33. The van der Waals surface area contributed by atoms with E-state index in [1.54, 1.807) is 19.2 Å². The lowest BCUT2D eigenvalue weighted by Crippen LogP contribution is -2.42. The molecule has 1 aliphatic heterocycles. The third-order valence-corrected chi connectivity index (χ3v) is 3.63. The first-order chi connectivity index (χ1) is 10.4. The van der Waals surface area contributed by atoms with Crippen molar-refractivity contribution in [2.75, 3.05) is 18.5 Å². The van der Waals surface area contributed by atoms with E-state index in [0.29, 0.717) is 6.42 Å². The lowest BCUT2D eigenvalue weighted by atomic mass is 10.0. The van der Waals surface area contributed by atoms with Gasteiger partial charge in [0.1, 0.15) is 12.6 Å². The van der Waals surface area contributed by atoms with E-state index < -0.39 is 12.1 Å². The maximum Gasteiger partial charge on any atom is 0.325 e. The van der Waals surface area contributed by atoms with E-state index in [9.17, 15) is 14.4 Å². The van der Waals surface area contributed by atoms with E-state index >= 15 is 0 Å². The first-order valence-corrected chi connectivity index (χ1v) is 7.33. The Hall–Kier alpha value is -2.37. The monoisotopic (exact) mass is 303 g/mol. The predicted octanol–water partition coefficient (Wildman–Crippen LogP) is 1.62. The molecule has 1 N–H and O–H groups in total. The molecule has 0 spiro atoms. The minimum absolute atomic E-state index is 0.245. The van der Waals surface area contributed by atoms with Crippen LogP contribution in [0, 0.1) is 5.92 Å². The van der Waals surface area contributed by atoms with Crippen LogP contribution >= 0.6 is 0 Å². The molecule has 0 aliphatic carbocycles. The van der Waals surface area contributed by atoms with Crippen LogP contribution in [0.1, 0.15) is 20.3 Å². The molecule has 0 saturated carbocycles. The van der Waals surface area contributed by atoms with Crippen molar-refractivity contribution in [1.29, 1.82) is 0 Å². The molecule has 118 valence electrons. The van der Waals surface area contributed by atoms with Gasteiger partial charge >= 0.3 is 6.03 Å². The van der Waals surface area contributed by atoms with Crippen molar-refractivity contribution >= 4 is 23.5 Å². The summed E-state index contributed by atoms with van der Waals surface area (Å²) >= 11 is 0. The molecule has 1 aliphatic rings. The number of urea groups is 1. The van der Waals surface area contributed by atoms with Crippen LogP contribution in [0.15, 0.2) is 30.3 Å². The highest BCUT2D eigenvalue weighted by molar-refractivity contribution is 6.08. The Kier molecular flexibility index (Phi) is 4.80. The summed E-state index contributed by atoms with van der Waals surface area (Å²) in [5.41, 5.74) is 0.721. The number of nitrogens with zero attached hydrogens (tertiary/aromatic N) is 2. The van der Waals surface area contributed by atoms with Gasteiger partial charge in [-0.3, -0.25) is 14.5 Å². The van der Waals surface area contributed by atoms with Crippen molar-refractivity contribution in [3.05, 3.63) is 30.3 Å². The molecule has 0 radical (unpaired) electrons. The van der Waals surface area contributed by atoms with Gasteiger partial charge < -0.3 is 10.2 Å². The molecule has 1 saturated heterocycles. The van der Waals surface area contributed by atoms with Crippen LogP contribution in [0.5, 0.6) is 0 Å². The molecule has 1 fully saturated rings. The zero-order valence-corrected chi connectivity index (χ0v) is 13.1. The van der Waals surface area contributed by atoms with E-state index in [0.717, 1.165) is 10.6 Å². The first kappa shape index (κ1) is 16.0. The average molecular weight is 303 g/mol. The van der Waals surface area contributed by atoms with Crippen molar-refractivity contribution in [1.82, 2.24) is 10.2 Å². The Labute approximate surface area is 130 Å². The number of benzene rings is 1. The number of carbonyl (C=O) groups is 3. The summed E-state index contributed by atoms with van der Waals surface area (Å²) < 4.78 is 0. The number of nitrogens with one attached hydrogen (secondary N) is 1. The summed E-state index contributed by atoms with van der Waals surface area (Å²) in [5, 5.41) is 2.64. The lowest BCUT2D eigenvalue weighted by molar-refractivity contribution is -0.131. The molecule has 1 aromatic carbocycles. The molecule has 0 bridgehead atoms. The van der Waals surface area contributed by atoms with Crippen molar-refractivity contribution in [2.24, 2.45) is 5.92 Å². The highest BCUT2D eigenvalue weighted by atomic mass is 16.2. The molecular formula is C16H21N3O3. The van der Waals surface area contributed by atoms with Crippen molar-refractivity contribution < 1.29 is 14.4 Å². The fourth-order valence-electron chi connectivity index (χ4n) is 2.39. The van der Waals surface area contributed by atoms with E-state index in [-0.39, 0.29) is 24.3 Å². The van der Waals surface area contributed by atoms with Gasteiger partial charge in [0.2, 0.25) is 5.91 Å². The van der Waals surface area contributed by atoms with Gasteiger partial charge in [-0.1, -0.05) is 32.0 Å². The summed E-state index contributed by atoms with van der Waals surface area (Å²) in [6.07, 6.45) is 0.573. The molecule has 0 unspecified atom stereocenters.